The summed E-state index contributed by atoms with van der Waals surface area (Å²) in [5.41, 5.74) is 1.61. The molecule has 0 aliphatic carbocycles. The summed E-state index contributed by atoms with van der Waals surface area (Å²) in [4.78, 5) is 8.66. The number of nitrogens with zero attached hydrogens (tertiary/aromatic N) is 2. The van der Waals surface area contributed by atoms with Crippen LogP contribution < -0.4 is 0 Å². The highest BCUT2D eigenvalue weighted by Gasteiger charge is 2.13. The molecule has 0 spiro atoms. The second-order valence-corrected chi connectivity index (χ2v) is 5.84. The highest BCUT2D eigenvalue weighted by Crippen LogP contribution is 2.33. The highest BCUT2D eigenvalue weighted by atomic mass is 79.9. The lowest BCUT2D eigenvalue weighted by Gasteiger charge is -2.08. The SMILES string of the molecule is CCCCc1nc(Cl)c(-c2ccc(Br)cc2)c(Cl)n1. The van der Waals surface area contributed by atoms with Crippen LogP contribution in [0.3, 0.4) is 0 Å². The van der Waals surface area contributed by atoms with Gasteiger partial charge in [-0.2, -0.15) is 0 Å². The van der Waals surface area contributed by atoms with E-state index in [1.165, 1.54) is 0 Å². The van der Waals surface area contributed by atoms with Crippen LogP contribution in [0.1, 0.15) is 25.6 Å². The summed E-state index contributed by atoms with van der Waals surface area (Å²) in [5, 5.41) is 0.821. The first-order valence-corrected chi connectivity index (χ1v) is 7.64. The molecule has 0 saturated carbocycles. The zero-order chi connectivity index (χ0) is 13.8. The number of aromatic nitrogens is 2. The number of benzene rings is 1. The van der Waals surface area contributed by atoms with Crippen molar-refractivity contribution in [3.05, 3.63) is 44.9 Å². The average molecular weight is 360 g/mol. The van der Waals surface area contributed by atoms with E-state index in [1.807, 2.05) is 24.3 Å². The number of unbranched alkanes of at least 4 members (excludes halogenated alkanes) is 1. The number of hydrogen-bond donors (Lipinski definition) is 0. The Morgan fingerprint density at radius 1 is 1.05 bits per heavy atom. The van der Waals surface area contributed by atoms with Gasteiger partial charge in [0.2, 0.25) is 0 Å². The molecule has 0 fully saturated rings. The molecular formula is C14H13BrCl2N2. The van der Waals surface area contributed by atoms with Crippen LogP contribution in [0, 0.1) is 0 Å². The molecule has 2 rings (SSSR count). The van der Waals surface area contributed by atoms with Gasteiger partial charge in [0.1, 0.15) is 16.1 Å². The van der Waals surface area contributed by atoms with Crippen molar-refractivity contribution in [1.82, 2.24) is 9.97 Å². The minimum atomic E-state index is 0.411. The van der Waals surface area contributed by atoms with Gasteiger partial charge in [-0.15, -0.1) is 0 Å². The van der Waals surface area contributed by atoms with Crippen molar-refractivity contribution in [2.75, 3.05) is 0 Å². The molecule has 0 radical (unpaired) electrons. The Bertz CT molecular complexity index is 547. The molecule has 2 nitrogen and oxygen atoms in total. The van der Waals surface area contributed by atoms with Crippen LogP contribution in [0.5, 0.6) is 0 Å². The van der Waals surface area contributed by atoms with Crippen LogP contribution in [0.25, 0.3) is 11.1 Å². The van der Waals surface area contributed by atoms with Crippen LogP contribution in [-0.2, 0) is 6.42 Å². The maximum atomic E-state index is 6.24. The van der Waals surface area contributed by atoms with Gasteiger partial charge in [0, 0.05) is 10.9 Å². The van der Waals surface area contributed by atoms with E-state index in [2.05, 4.69) is 32.8 Å². The summed E-state index contributed by atoms with van der Waals surface area (Å²) in [6, 6.07) is 7.75. The topological polar surface area (TPSA) is 25.8 Å². The molecule has 0 aliphatic rings. The number of rotatable bonds is 4. The predicted octanol–water partition coefficient (Wildman–Crippen LogP) is 5.56. The maximum Gasteiger partial charge on any atom is 0.142 e. The summed E-state index contributed by atoms with van der Waals surface area (Å²) >= 11 is 15.9. The minimum Gasteiger partial charge on any atom is -0.220 e. The molecule has 0 aliphatic heterocycles. The van der Waals surface area contributed by atoms with Crippen LogP contribution in [0.4, 0.5) is 0 Å². The van der Waals surface area contributed by atoms with Crippen LogP contribution in [-0.4, -0.2) is 9.97 Å². The molecule has 2 aromatic rings. The molecule has 0 N–H and O–H groups in total. The van der Waals surface area contributed by atoms with Crippen LogP contribution >= 0.6 is 39.1 Å². The van der Waals surface area contributed by atoms with E-state index in [-0.39, 0.29) is 0 Å². The van der Waals surface area contributed by atoms with Gasteiger partial charge in [0.05, 0.1) is 5.56 Å². The van der Waals surface area contributed by atoms with E-state index in [0.717, 1.165) is 29.3 Å². The fourth-order valence-electron chi connectivity index (χ4n) is 1.75. The minimum absolute atomic E-state index is 0.411. The van der Waals surface area contributed by atoms with E-state index in [9.17, 15) is 0 Å². The molecule has 0 saturated heterocycles. The van der Waals surface area contributed by atoms with Gasteiger partial charge in [-0.1, -0.05) is 64.6 Å². The lowest BCUT2D eigenvalue weighted by atomic mass is 10.1. The predicted molar refractivity (Wildman–Crippen MR) is 83.8 cm³/mol. The summed E-state index contributed by atoms with van der Waals surface area (Å²) in [6.07, 6.45) is 2.92. The molecular weight excluding hydrogens is 347 g/mol. The van der Waals surface area contributed by atoms with Crippen molar-refractivity contribution in [3.8, 4) is 11.1 Å². The summed E-state index contributed by atoms with van der Waals surface area (Å²) < 4.78 is 1.00. The van der Waals surface area contributed by atoms with Gasteiger partial charge in [-0.3, -0.25) is 0 Å². The fraction of sp³-hybridized carbons (Fsp3) is 0.286. The van der Waals surface area contributed by atoms with Crippen molar-refractivity contribution in [2.45, 2.75) is 26.2 Å². The van der Waals surface area contributed by atoms with Crippen LogP contribution in [0.2, 0.25) is 10.3 Å². The zero-order valence-corrected chi connectivity index (χ0v) is 13.6. The van der Waals surface area contributed by atoms with Gasteiger partial charge < -0.3 is 0 Å². The largest absolute Gasteiger partial charge is 0.220 e. The molecule has 0 unspecified atom stereocenters. The Balaban J connectivity index is 2.38. The summed E-state index contributed by atoms with van der Waals surface area (Å²) in [5.74, 6) is 0.706. The molecule has 0 atom stereocenters. The molecule has 1 aromatic heterocycles. The Labute approximate surface area is 131 Å². The van der Waals surface area contributed by atoms with Crippen molar-refractivity contribution >= 4 is 39.1 Å². The smallest absolute Gasteiger partial charge is 0.142 e. The van der Waals surface area contributed by atoms with Crippen molar-refractivity contribution < 1.29 is 0 Å². The van der Waals surface area contributed by atoms with E-state index >= 15 is 0 Å². The highest BCUT2D eigenvalue weighted by molar-refractivity contribution is 9.10. The Hall–Kier alpha value is -0.640. The molecule has 5 heteroatoms. The standard InChI is InChI=1S/C14H13BrCl2N2/c1-2-3-4-11-18-13(16)12(14(17)19-11)9-5-7-10(15)8-6-9/h5-8H,2-4H2,1H3. The van der Waals surface area contributed by atoms with E-state index in [4.69, 9.17) is 23.2 Å². The Morgan fingerprint density at radius 3 is 2.16 bits per heavy atom. The van der Waals surface area contributed by atoms with Crippen molar-refractivity contribution in [1.29, 1.82) is 0 Å². The van der Waals surface area contributed by atoms with Crippen LogP contribution in [0.15, 0.2) is 28.7 Å². The summed E-state index contributed by atoms with van der Waals surface area (Å²) in [6.45, 7) is 2.12. The lowest BCUT2D eigenvalue weighted by Crippen LogP contribution is -1.98. The summed E-state index contributed by atoms with van der Waals surface area (Å²) in [7, 11) is 0. The second kappa shape index (κ2) is 6.69. The normalized spacial score (nSPS) is 10.7. The zero-order valence-electron chi connectivity index (χ0n) is 10.5. The monoisotopic (exact) mass is 358 g/mol. The van der Waals surface area contributed by atoms with Gasteiger partial charge in [0.15, 0.2) is 0 Å². The van der Waals surface area contributed by atoms with Gasteiger partial charge in [-0.25, -0.2) is 9.97 Å². The maximum absolute atomic E-state index is 6.24. The van der Waals surface area contributed by atoms with Gasteiger partial charge in [-0.05, 0) is 24.1 Å². The Kier molecular flexibility index (Phi) is 5.20. The third kappa shape index (κ3) is 3.68. The molecule has 100 valence electrons. The molecule has 19 heavy (non-hydrogen) atoms. The first-order chi connectivity index (χ1) is 9.11. The Morgan fingerprint density at radius 2 is 1.63 bits per heavy atom. The number of hydrogen-bond acceptors (Lipinski definition) is 2. The van der Waals surface area contributed by atoms with E-state index in [1.54, 1.807) is 0 Å². The average Bonchev–Trinajstić information content (AvgIpc) is 2.38. The molecule has 1 aromatic carbocycles. The molecule has 0 bridgehead atoms. The third-order valence-electron chi connectivity index (χ3n) is 2.75. The van der Waals surface area contributed by atoms with Gasteiger partial charge >= 0.3 is 0 Å². The van der Waals surface area contributed by atoms with E-state index < -0.39 is 0 Å². The van der Waals surface area contributed by atoms with Crippen molar-refractivity contribution in [3.63, 3.8) is 0 Å². The first-order valence-electron chi connectivity index (χ1n) is 6.09. The molecule has 0 amide bonds. The first kappa shape index (κ1) is 14.8. The number of halogens is 3. The quantitative estimate of drug-likeness (QED) is 0.668. The molecule has 1 heterocycles. The van der Waals surface area contributed by atoms with E-state index in [0.29, 0.717) is 21.7 Å². The number of aryl methyl sites for hydroxylation is 1. The second-order valence-electron chi connectivity index (χ2n) is 4.21. The fourth-order valence-corrected chi connectivity index (χ4v) is 2.66. The van der Waals surface area contributed by atoms with Crippen molar-refractivity contribution in [2.24, 2.45) is 0 Å². The lowest BCUT2D eigenvalue weighted by molar-refractivity contribution is 0.753. The third-order valence-corrected chi connectivity index (χ3v) is 3.83. The van der Waals surface area contributed by atoms with Gasteiger partial charge in [0.25, 0.3) is 0 Å².